The van der Waals surface area contributed by atoms with E-state index in [9.17, 15) is 4.79 Å². The molecule has 0 aliphatic rings. The van der Waals surface area contributed by atoms with Gasteiger partial charge in [-0.1, -0.05) is 63.6 Å². The third kappa shape index (κ3) is 9.08. The fourth-order valence-electron chi connectivity index (χ4n) is 2.99. The maximum atomic E-state index is 12.4. The van der Waals surface area contributed by atoms with Crippen LogP contribution in [0.2, 0.25) is 0 Å². The van der Waals surface area contributed by atoms with Gasteiger partial charge < -0.3 is 12.4 Å². The molecule has 0 bridgehead atoms. The number of nitrogens with one attached hydrogen (secondary N) is 1. The molecule has 25 heavy (non-hydrogen) atoms. The molecule has 142 valence electrons. The Morgan fingerprint density at radius 1 is 1.00 bits per heavy atom. The van der Waals surface area contributed by atoms with Crippen LogP contribution in [0, 0.1) is 0 Å². The normalized spacial score (nSPS) is 10.8. The fraction of sp³-hybridized carbons (Fsp3) is 0.571. The van der Waals surface area contributed by atoms with Crippen LogP contribution < -0.4 is 17.8 Å². The lowest BCUT2D eigenvalue weighted by molar-refractivity contribution is -0.974. The SMILES string of the molecule is C=C(C)C(=O)N[N+](CCCCC)(CCCCC)Cc1ccccc1.[Cl-]. The first kappa shape index (κ1) is 23.7. The Bertz CT molecular complexity index is 492. The maximum Gasteiger partial charge on any atom is 0.291 e. The van der Waals surface area contributed by atoms with Gasteiger partial charge in [0.15, 0.2) is 0 Å². The first-order valence-corrected chi connectivity index (χ1v) is 9.41. The van der Waals surface area contributed by atoms with Gasteiger partial charge in [-0.3, -0.25) is 4.79 Å². The minimum atomic E-state index is -0.0288. The van der Waals surface area contributed by atoms with Gasteiger partial charge in [0.05, 0.1) is 0 Å². The summed E-state index contributed by atoms with van der Waals surface area (Å²) in [6.45, 7) is 12.8. The van der Waals surface area contributed by atoms with Crippen molar-refractivity contribution in [2.45, 2.75) is 65.8 Å². The van der Waals surface area contributed by atoms with Crippen LogP contribution in [-0.4, -0.2) is 23.6 Å². The lowest BCUT2D eigenvalue weighted by Gasteiger charge is -2.38. The lowest BCUT2D eigenvalue weighted by Crippen LogP contribution is -3.00. The Kier molecular flexibility index (Phi) is 12.3. The van der Waals surface area contributed by atoms with Crippen LogP contribution >= 0.6 is 0 Å². The first-order valence-electron chi connectivity index (χ1n) is 9.41. The molecule has 0 saturated heterocycles. The molecule has 0 unspecified atom stereocenters. The average molecular weight is 367 g/mol. The fourth-order valence-corrected chi connectivity index (χ4v) is 2.99. The lowest BCUT2D eigenvalue weighted by atomic mass is 10.1. The second-order valence-corrected chi connectivity index (χ2v) is 6.87. The van der Waals surface area contributed by atoms with E-state index < -0.39 is 0 Å². The van der Waals surface area contributed by atoms with Gasteiger partial charge in [-0.2, -0.15) is 5.43 Å². The molecule has 0 radical (unpaired) electrons. The van der Waals surface area contributed by atoms with Gasteiger partial charge in [-0.25, -0.2) is 4.59 Å². The van der Waals surface area contributed by atoms with Gasteiger partial charge in [0.1, 0.15) is 19.6 Å². The summed E-state index contributed by atoms with van der Waals surface area (Å²) < 4.78 is 0.635. The number of nitrogens with zero attached hydrogens (tertiary/aromatic N) is 1. The van der Waals surface area contributed by atoms with Crippen molar-refractivity contribution in [3.8, 4) is 0 Å². The highest BCUT2D eigenvalue weighted by Crippen LogP contribution is 2.17. The van der Waals surface area contributed by atoms with Crippen molar-refractivity contribution in [2.24, 2.45) is 0 Å². The molecule has 0 spiro atoms. The number of unbranched alkanes of at least 4 members (excludes halogenated alkanes) is 4. The van der Waals surface area contributed by atoms with E-state index in [-0.39, 0.29) is 18.3 Å². The zero-order chi connectivity index (χ0) is 17.8. The molecule has 3 nitrogen and oxygen atoms in total. The number of benzene rings is 1. The second-order valence-electron chi connectivity index (χ2n) is 6.87. The Labute approximate surface area is 160 Å². The molecule has 4 heteroatoms. The summed E-state index contributed by atoms with van der Waals surface area (Å²) in [5.41, 5.74) is 5.15. The van der Waals surface area contributed by atoms with Gasteiger partial charge in [-0.05, 0) is 32.6 Å². The van der Waals surface area contributed by atoms with Crippen LogP contribution in [0.25, 0.3) is 0 Å². The van der Waals surface area contributed by atoms with Crippen LogP contribution in [0.5, 0.6) is 0 Å². The largest absolute Gasteiger partial charge is 1.00 e. The summed E-state index contributed by atoms with van der Waals surface area (Å²) in [6.07, 6.45) is 7.04. The van der Waals surface area contributed by atoms with E-state index in [0.29, 0.717) is 10.2 Å². The van der Waals surface area contributed by atoms with E-state index in [0.717, 1.165) is 32.5 Å². The van der Waals surface area contributed by atoms with Crippen molar-refractivity contribution in [2.75, 3.05) is 13.1 Å². The van der Waals surface area contributed by atoms with Gasteiger partial charge in [-0.15, -0.1) is 0 Å². The van der Waals surface area contributed by atoms with Crippen molar-refractivity contribution < 1.29 is 21.8 Å². The number of rotatable bonds is 12. The van der Waals surface area contributed by atoms with Gasteiger partial charge >= 0.3 is 0 Å². The molecule has 0 aliphatic heterocycles. The van der Waals surface area contributed by atoms with E-state index in [1.165, 1.54) is 31.2 Å². The molecule has 1 rings (SSSR count). The number of carbonyl (C=O) groups is 1. The van der Waals surface area contributed by atoms with Crippen molar-refractivity contribution in [1.82, 2.24) is 5.43 Å². The highest BCUT2D eigenvalue weighted by molar-refractivity contribution is 5.91. The zero-order valence-corrected chi connectivity index (χ0v) is 16.9. The monoisotopic (exact) mass is 366 g/mol. The summed E-state index contributed by atoms with van der Waals surface area (Å²) in [4.78, 5) is 12.4. The van der Waals surface area contributed by atoms with E-state index >= 15 is 0 Å². The third-order valence-corrected chi connectivity index (χ3v) is 4.43. The van der Waals surface area contributed by atoms with Crippen LogP contribution in [0.4, 0.5) is 0 Å². The van der Waals surface area contributed by atoms with Gasteiger partial charge in [0.25, 0.3) is 5.91 Å². The highest BCUT2D eigenvalue weighted by atomic mass is 35.5. The molecule has 0 heterocycles. The average Bonchev–Trinajstić information content (AvgIpc) is 2.56. The molecule has 1 aromatic rings. The predicted octanol–water partition coefficient (Wildman–Crippen LogP) is 2.00. The maximum absolute atomic E-state index is 12.4. The Morgan fingerprint density at radius 2 is 1.52 bits per heavy atom. The van der Waals surface area contributed by atoms with Gasteiger partial charge in [0.2, 0.25) is 0 Å². The minimum Gasteiger partial charge on any atom is -1.00 e. The van der Waals surface area contributed by atoms with Crippen LogP contribution in [0.3, 0.4) is 0 Å². The Morgan fingerprint density at radius 3 is 1.96 bits per heavy atom. The highest BCUT2D eigenvalue weighted by Gasteiger charge is 2.30. The minimum absolute atomic E-state index is 0. The smallest absolute Gasteiger partial charge is 0.291 e. The molecule has 1 aromatic carbocycles. The summed E-state index contributed by atoms with van der Waals surface area (Å²) >= 11 is 0. The van der Waals surface area contributed by atoms with E-state index in [1.54, 1.807) is 6.92 Å². The van der Waals surface area contributed by atoms with E-state index in [4.69, 9.17) is 0 Å². The number of hydrogen-bond acceptors (Lipinski definition) is 1. The summed E-state index contributed by atoms with van der Waals surface area (Å²) in [6, 6.07) is 10.5. The Hall–Kier alpha value is -1.32. The summed E-state index contributed by atoms with van der Waals surface area (Å²) in [5, 5.41) is 0. The molecule has 1 N–H and O–H groups in total. The first-order chi connectivity index (χ1) is 11.5. The molecule has 0 atom stereocenters. The number of amides is 1. The van der Waals surface area contributed by atoms with E-state index in [1.807, 2.05) is 6.07 Å². The van der Waals surface area contributed by atoms with Crippen molar-refractivity contribution in [1.29, 1.82) is 0 Å². The van der Waals surface area contributed by atoms with Crippen LogP contribution in [0.15, 0.2) is 42.5 Å². The van der Waals surface area contributed by atoms with Crippen LogP contribution in [-0.2, 0) is 11.3 Å². The third-order valence-electron chi connectivity index (χ3n) is 4.43. The number of hydrogen-bond donors (Lipinski definition) is 1. The topological polar surface area (TPSA) is 29.1 Å². The molecular weight excluding hydrogens is 332 g/mol. The number of halogens is 1. The quantitative estimate of drug-likeness (QED) is 0.261. The van der Waals surface area contributed by atoms with E-state index in [2.05, 4.69) is 50.1 Å². The summed E-state index contributed by atoms with van der Waals surface area (Å²) in [7, 11) is 0. The standard InChI is InChI=1S/C21H34N2O.ClH/c1-5-7-12-16-23(17-13-8-6-2,22-21(24)19(3)4)18-20-14-10-9-11-15-20;/h9-11,14-15H,3,5-8,12-13,16-18H2,1-2,4H3;1H. The van der Waals surface area contributed by atoms with Crippen molar-refractivity contribution in [3.63, 3.8) is 0 Å². The molecule has 0 saturated carbocycles. The number of quaternary nitrogens is 1. The van der Waals surface area contributed by atoms with Crippen molar-refractivity contribution in [3.05, 3.63) is 48.0 Å². The number of carbonyl (C=O) groups excluding carboxylic acids is 1. The Balaban J connectivity index is 0.00000576. The molecule has 1 amide bonds. The second kappa shape index (κ2) is 13.0. The predicted molar refractivity (Wildman–Crippen MR) is 102 cm³/mol. The van der Waals surface area contributed by atoms with Crippen LogP contribution in [0.1, 0.15) is 64.9 Å². The molecule has 0 fully saturated rings. The molecule has 0 aromatic heterocycles. The van der Waals surface area contributed by atoms with Gasteiger partial charge in [0, 0.05) is 11.1 Å². The molecular formula is C21H35ClN2O. The summed E-state index contributed by atoms with van der Waals surface area (Å²) in [5.74, 6) is -0.0288. The van der Waals surface area contributed by atoms with Crippen molar-refractivity contribution >= 4 is 5.91 Å². The zero-order valence-electron chi connectivity index (χ0n) is 16.2. The molecule has 0 aliphatic carbocycles.